The summed E-state index contributed by atoms with van der Waals surface area (Å²) in [5, 5.41) is 0.0844. The van der Waals surface area contributed by atoms with E-state index in [1.807, 2.05) is 26.8 Å². The molecule has 1 fully saturated rings. The molecule has 9 heteroatoms. The number of hydrogen-bond donors (Lipinski definition) is 0. The summed E-state index contributed by atoms with van der Waals surface area (Å²) in [7, 11) is -0.638. The highest BCUT2D eigenvalue weighted by Crippen LogP contribution is 2.37. The first-order chi connectivity index (χ1) is 14.6. The normalized spacial score (nSPS) is 17.8. The fraction of sp³-hybridized carbons (Fsp3) is 0.696. The van der Waals surface area contributed by atoms with E-state index in [1.165, 1.54) is 7.11 Å². The minimum Gasteiger partial charge on any atom is -0.464 e. The molecule has 180 valence electrons. The average molecular weight is 466 g/mol. The van der Waals surface area contributed by atoms with Crippen LogP contribution in [-0.2, 0) is 13.9 Å². The first-order valence-electron chi connectivity index (χ1n) is 11.1. The zero-order valence-corrected chi connectivity index (χ0v) is 22.0. The molecule has 1 amide bonds. The molecule has 0 bridgehead atoms. The molecule has 8 nitrogen and oxygen atoms in total. The van der Waals surface area contributed by atoms with Crippen molar-refractivity contribution < 1.29 is 23.5 Å². The molecule has 0 aromatic carbocycles. The first-order valence-corrected chi connectivity index (χ1v) is 14.0. The van der Waals surface area contributed by atoms with Gasteiger partial charge in [-0.05, 0) is 51.0 Å². The van der Waals surface area contributed by atoms with Gasteiger partial charge in [0, 0.05) is 19.6 Å². The number of ether oxygens (including phenoxy) is 2. The average Bonchev–Trinajstić information content (AvgIpc) is 2.69. The number of piperazine rings is 1. The summed E-state index contributed by atoms with van der Waals surface area (Å²) >= 11 is 0. The molecule has 0 aliphatic carbocycles. The second-order valence-electron chi connectivity index (χ2n) is 10.7. The van der Waals surface area contributed by atoms with Gasteiger partial charge in [-0.25, -0.2) is 14.6 Å². The summed E-state index contributed by atoms with van der Waals surface area (Å²) in [4.78, 5) is 32.6. The molecule has 0 N–H and O–H groups in total. The van der Waals surface area contributed by atoms with E-state index in [0.29, 0.717) is 26.2 Å². The Bertz CT molecular complexity index is 799. The van der Waals surface area contributed by atoms with Gasteiger partial charge in [-0.1, -0.05) is 20.8 Å². The number of pyridine rings is 1. The number of amides is 1. The summed E-state index contributed by atoms with van der Waals surface area (Å²) in [5.74, 6) is -0.468. The predicted molar refractivity (Wildman–Crippen MR) is 128 cm³/mol. The maximum atomic E-state index is 12.7. The lowest BCUT2D eigenvalue weighted by atomic mass is 10.1. The van der Waals surface area contributed by atoms with Gasteiger partial charge in [0.1, 0.15) is 11.3 Å². The minimum atomic E-state index is -1.97. The van der Waals surface area contributed by atoms with E-state index in [9.17, 15) is 9.59 Å². The van der Waals surface area contributed by atoms with Crippen LogP contribution in [0.25, 0.3) is 0 Å². The number of carbonyl (C=O) groups is 2. The third-order valence-electron chi connectivity index (χ3n) is 6.05. The molecule has 0 saturated carbocycles. The second kappa shape index (κ2) is 9.78. The highest BCUT2D eigenvalue weighted by Gasteiger charge is 2.39. The number of methoxy groups -OCH3 is 1. The molecule has 0 spiro atoms. The van der Waals surface area contributed by atoms with Gasteiger partial charge in [-0.15, -0.1) is 0 Å². The SMILES string of the molecule is COC(=O)c1ccc(N2CCN(C(=O)OC(C)(C)C)C[C@@H]2CO[Si](C)(C)C(C)(C)C)cn1. The van der Waals surface area contributed by atoms with Crippen LogP contribution in [-0.4, -0.2) is 75.3 Å². The lowest BCUT2D eigenvalue weighted by molar-refractivity contribution is 0.0199. The van der Waals surface area contributed by atoms with E-state index in [1.54, 1.807) is 17.2 Å². The van der Waals surface area contributed by atoms with Crippen molar-refractivity contribution in [2.75, 3.05) is 38.3 Å². The van der Waals surface area contributed by atoms with Crippen LogP contribution >= 0.6 is 0 Å². The third kappa shape index (κ3) is 6.68. The molecule has 2 heterocycles. The molecule has 2 rings (SSSR count). The highest BCUT2D eigenvalue weighted by atomic mass is 28.4. The van der Waals surface area contributed by atoms with Gasteiger partial charge >= 0.3 is 12.1 Å². The molecule has 1 aliphatic rings. The monoisotopic (exact) mass is 465 g/mol. The van der Waals surface area contributed by atoms with Crippen LogP contribution < -0.4 is 4.90 Å². The van der Waals surface area contributed by atoms with E-state index in [0.717, 1.165) is 5.69 Å². The van der Waals surface area contributed by atoms with Crippen LogP contribution in [0.1, 0.15) is 52.0 Å². The quantitative estimate of drug-likeness (QED) is 0.473. The van der Waals surface area contributed by atoms with E-state index >= 15 is 0 Å². The summed E-state index contributed by atoms with van der Waals surface area (Å²) in [6.45, 7) is 18.8. The summed E-state index contributed by atoms with van der Waals surface area (Å²) in [5.41, 5.74) is 0.595. The third-order valence-corrected chi connectivity index (χ3v) is 10.6. The summed E-state index contributed by atoms with van der Waals surface area (Å²) < 4.78 is 16.9. The lowest BCUT2D eigenvalue weighted by Crippen LogP contribution is -2.58. The van der Waals surface area contributed by atoms with Crippen molar-refractivity contribution in [2.45, 2.75) is 71.3 Å². The van der Waals surface area contributed by atoms with E-state index in [-0.39, 0.29) is 22.9 Å². The van der Waals surface area contributed by atoms with Crippen molar-refractivity contribution in [2.24, 2.45) is 0 Å². The van der Waals surface area contributed by atoms with Crippen LogP contribution in [0.2, 0.25) is 18.1 Å². The molecule has 1 aliphatic heterocycles. The van der Waals surface area contributed by atoms with Crippen molar-refractivity contribution in [1.82, 2.24) is 9.88 Å². The van der Waals surface area contributed by atoms with Gasteiger partial charge in [-0.2, -0.15) is 0 Å². The van der Waals surface area contributed by atoms with Crippen LogP contribution in [0.15, 0.2) is 18.3 Å². The Morgan fingerprint density at radius 1 is 1.12 bits per heavy atom. The number of aromatic nitrogens is 1. The molecule has 1 atom stereocenters. The van der Waals surface area contributed by atoms with Crippen LogP contribution in [0.5, 0.6) is 0 Å². The smallest absolute Gasteiger partial charge is 0.410 e. The van der Waals surface area contributed by atoms with E-state index in [2.05, 4.69) is 43.7 Å². The Hall–Kier alpha value is -2.13. The molecule has 32 heavy (non-hydrogen) atoms. The lowest BCUT2D eigenvalue weighted by Gasteiger charge is -2.45. The van der Waals surface area contributed by atoms with Crippen LogP contribution in [0.3, 0.4) is 0 Å². The number of anilines is 1. The van der Waals surface area contributed by atoms with Gasteiger partial charge in [0.05, 0.1) is 31.6 Å². The minimum absolute atomic E-state index is 0.0591. The Labute approximate surface area is 193 Å². The molecule has 0 unspecified atom stereocenters. The standard InChI is InChI=1S/C23H39N3O5Si/c1-22(2,3)31-21(28)25-12-13-26(17-10-11-19(24-14-17)20(27)29-7)18(15-25)16-30-32(8,9)23(4,5)6/h10-11,14,18H,12-13,15-16H2,1-9H3/t18-/m1/s1. The molecule has 1 aromatic heterocycles. The van der Waals surface area contributed by atoms with Crippen molar-refractivity contribution in [3.63, 3.8) is 0 Å². The molecular weight excluding hydrogens is 426 g/mol. The van der Waals surface area contributed by atoms with Crippen molar-refractivity contribution in [1.29, 1.82) is 0 Å². The van der Waals surface area contributed by atoms with Crippen molar-refractivity contribution >= 4 is 26.1 Å². The summed E-state index contributed by atoms with van der Waals surface area (Å²) in [6.07, 6.45) is 1.36. The zero-order chi connectivity index (χ0) is 24.3. The Morgan fingerprint density at radius 2 is 1.78 bits per heavy atom. The van der Waals surface area contributed by atoms with Gasteiger partial charge in [0.2, 0.25) is 0 Å². The Morgan fingerprint density at radius 3 is 2.28 bits per heavy atom. The number of nitrogens with zero attached hydrogens (tertiary/aromatic N) is 3. The Balaban J connectivity index is 2.23. The van der Waals surface area contributed by atoms with Gasteiger partial charge in [-0.3, -0.25) is 0 Å². The van der Waals surface area contributed by atoms with Gasteiger partial charge < -0.3 is 23.7 Å². The molecule has 0 radical (unpaired) electrons. The molecular formula is C23H39N3O5Si. The van der Waals surface area contributed by atoms with Crippen molar-refractivity contribution in [3.8, 4) is 0 Å². The fourth-order valence-corrected chi connectivity index (χ4v) is 4.17. The first kappa shape index (κ1) is 26.1. The number of rotatable bonds is 5. The van der Waals surface area contributed by atoms with Crippen molar-refractivity contribution in [3.05, 3.63) is 24.0 Å². The highest BCUT2D eigenvalue weighted by molar-refractivity contribution is 6.74. The van der Waals surface area contributed by atoms with E-state index in [4.69, 9.17) is 13.9 Å². The fourth-order valence-electron chi connectivity index (χ4n) is 3.13. The summed E-state index contributed by atoms with van der Waals surface area (Å²) in [6, 6.07) is 3.46. The van der Waals surface area contributed by atoms with Crippen LogP contribution in [0, 0.1) is 0 Å². The predicted octanol–water partition coefficient (Wildman–Crippen LogP) is 4.32. The van der Waals surface area contributed by atoms with E-state index < -0.39 is 19.9 Å². The maximum absolute atomic E-state index is 12.7. The van der Waals surface area contributed by atoms with Gasteiger partial charge in [0.15, 0.2) is 8.32 Å². The molecule has 1 aromatic rings. The van der Waals surface area contributed by atoms with Crippen LogP contribution in [0.4, 0.5) is 10.5 Å². The number of carbonyl (C=O) groups excluding carboxylic acids is 2. The zero-order valence-electron chi connectivity index (χ0n) is 21.0. The second-order valence-corrected chi connectivity index (χ2v) is 15.5. The maximum Gasteiger partial charge on any atom is 0.410 e. The number of hydrogen-bond acceptors (Lipinski definition) is 7. The Kier molecular flexibility index (Phi) is 7.99. The molecule has 1 saturated heterocycles. The largest absolute Gasteiger partial charge is 0.464 e. The topological polar surface area (TPSA) is 81.2 Å². The van der Waals surface area contributed by atoms with Gasteiger partial charge in [0.25, 0.3) is 0 Å². The number of esters is 1.